The van der Waals surface area contributed by atoms with Crippen molar-refractivity contribution in [1.82, 2.24) is 5.32 Å². The third kappa shape index (κ3) is 4.50. The van der Waals surface area contributed by atoms with Crippen LogP contribution in [0.5, 0.6) is 0 Å². The number of alkyl halides is 1. The van der Waals surface area contributed by atoms with Crippen molar-refractivity contribution in [2.45, 2.75) is 27.7 Å². The van der Waals surface area contributed by atoms with Gasteiger partial charge in [0.25, 0.3) is 5.91 Å². The second-order valence-electron chi connectivity index (χ2n) is 5.36. The lowest BCUT2D eigenvalue weighted by atomic mass is 9.96. The quantitative estimate of drug-likeness (QED) is 0.848. The van der Waals surface area contributed by atoms with Crippen molar-refractivity contribution in [1.29, 1.82) is 0 Å². The predicted octanol–water partition coefficient (Wildman–Crippen LogP) is 3.45. The van der Waals surface area contributed by atoms with Crippen LogP contribution < -0.4 is 5.32 Å². The lowest BCUT2D eigenvalue weighted by Gasteiger charge is -2.22. The number of carbonyl (C=O) groups is 1. The largest absolute Gasteiger partial charge is 0.351 e. The number of carbonyl (C=O) groups excluding carboxylic acids is 1. The minimum atomic E-state index is 0.00539. The number of benzene rings is 1. The van der Waals surface area contributed by atoms with Crippen LogP contribution in [0.4, 0.5) is 0 Å². The Morgan fingerprint density at radius 1 is 1.24 bits per heavy atom. The summed E-state index contributed by atoms with van der Waals surface area (Å²) >= 11 is 3.45. The van der Waals surface area contributed by atoms with E-state index >= 15 is 0 Å². The van der Waals surface area contributed by atoms with Crippen LogP contribution in [0.25, 0.3) is 0 Å². The fourth-order valence-electron chi connectivity index (χ4n) is 1.57. The molecule has 1 N–H and O–H groups in total. The average molecular weight is 298 g/mol. The molecular formula is C14H20BrNO. The van der Waals surface area contributed by atoms with Gasteiger partial charge in [0.1, 0.15) is 0 Å². The topological polar surface area (TPSA) is 29.1 Å². The fourth-order valence-corrected chi connectivity index (χ4v) is 1.77. The minimum absolute atomic E-state index is 0.00539. The second-order valence-corrected chi connectivity index (χ2v) is 5.92. The fraction of sp³-hybridized carbons (Fsp3) is 0.500. The summed E-state index contributed by atoms with van der Waals surface area (Å²) in [4.78, 5) is 12.0. The number of aryl methyl sites for hydroxylation is 2. The summed E-state index contributed by atoms with van der Waals surface area (Å²) in [6.07, 6.45) is 0. The van der Waals surface area contributed by atoms with Gasteiger partial charge < -0.3 is 5.32 Å². The Morgan fingerprint density at radius 2 is 1.76 bits per heavy atom. The van der Waals surface area contributed by atoms with Crippen LogP contribution in [0.1, 0.15) is 35.3 Å². The van der Waals surface area contributed by atoms with Crippen LogP contribution in [-0.2, 0) is 0 Å². The van der Waals surface area contributed by atoms with E-state index in [0.717, 1.165) is 22.0 Å². The van der Waals surface area contributed by atoms with E-state index in [1.54, 1.807) is 0 Å². The summed E-state index contributed by atoms with van der Waals surface area (Å²) in [7, 11) is 0. The lowest BCUT2D eigenvalue weighted by Crippen LogP contribution is -2.34. The van der Waals surface area contributed by atoms with Crippen LogP contribution in [0.2, 0.25) is 0 Å². The highest BCUT2D eigenvalue weighted by Crippen LogP contribution is 2.17. The number of nitrogens with one attached hydrogen (secondary N) is 1. The van der Waals surface area contributed by atoms with Gasteiger partial charge >= 0.3 is 0 Å². The molecule has 0 bridgehead atoms. The Hall–Kier alpha value is -0.830. The zero-order chi connectivity index (χ0) is 13.1. The van der Waals surface area contributed by atoms with Gasteiger partial charge in [0, 0.05) is 17.4 Å². The standard InChI is InChI=1S/C14H20BrNO/c1-10-5-11(2)7-12(6-10)13(17)16-9-14(3,4)8-15/h5-7H,8-9H2,1-4H3,(H,16,17). The van der Waals surface area contributed by atoms with E-state index in [1.165, 1.54) is 0 Å². The van der Waals surface area contributed by atoms with Crippen molar-refractivity contribution in [2.75, 3.05) is 11.9 Å². The summed E-state index contributed by atoms with van der Waals surface area (Å²) in [6.45, 7) is 8.91. The number of rotatable bonds is 4. The van der Waals surface area contributed by atoms with Gasteiger partial charge in [-0.1, -0.05) is 47.0 Å². The molecule has 0 aliphatic heterocycles. The summed E-state index contributed by atoms with van der Waals surface area (Å²) < 4.78 is 0. The number of hydrogen-bond donors (Lipinski definition) is 1. The van der Waals surface area contributed by atoms with E-state index in [9.17, 15) is 4.79 Å². The summed E-state index contributed by atoms with van der Waals surface area (Å²) in [6, 6.07) is 5.91. The van der Waals surface area contributed by atoms with Crippen LogP contribution in [-0.4, -0.2) is 17.8 Å². The summed E-state index contributed by atoms with van der Waals surface area (Å²) in [5.41, 5.74) is 3.06. The Morgan fingerprint density at radius 3 is 2.24 bits per heavy atom. The molecule has 0 saturated heterocycles. The first-order valence-electron chi connectivity index (χ1n) is 5.76. The highest BCUT2D eigenvalue weighted by atomic mass is 79.9. The van der Waals surface area contributed by atoms with Gasteiger partial charge in [-0.3, -0.25) is 4.79 Å². The third-order valence-corrected chi connectivity index (χ3v) is 4.09. The van der Waals surface area contributed by atoms with Gasteiger partial charge in [-0.2, -0.15) is 0 Å². The van der Waals surface area contributed by atoms with E-state index in [0.29, 0.717) is 6.54 Å². The van der Waals surface area contributed by atoms with E-state index in [1.807, 2.05) is 26.0 Å². The molecule has 2 nitrogen and oxygen atoms in total. The zero-order valence-corrected chi connectivity index (χ0v) is 12.5. The molecule has 1 rings (SSSR count). The van der Waals surface area contributed by atoms with Crippen LogP contribution in [0.15, 0.2) is 18.2 Å². The molecule has 0 fully saturated rings. The van der Waals surface area contributed by atoms with Crippen LogP contribution in [0.3, 0.4) is 0 Å². The molecule has 0 unspecified atom stereocenters. The van der Waals surface area contributed by atoms with E-state index in [2.05, 4.69) is 41.2 Å². The van der Waals surface area contributed by atoms with E-state index in [4.69, 9.17) is 0 Å². The first-order chi connectivity index (χ1) is 7.84. The third-order valence-electron chi connectivity index (χ3n) is 2.57. The van der Waals surface area contributed by atoms with Gasteiger partial charge in [-0.15, -0.1) is 0 Å². The first-order valence-corrected chi connectivity index (χ1v) is 6.89. The predicted molar refractivity (Wildman–Crippen MR) is 75.8 cm³/mol. The maximum absolute atomic E-state index is 12.0. The molecule has 0 aliphatic rings. The van der Waals surface area contributed by atoms with Crippen LogP contribution >= 0.6 is 15.9 Å². The summed E-state index contributed by atoms with van der Waals surface area (Å²) in [5.74, 6) is 0.00539. The monoisotopic (exact) mass is 297 g/mol. The number of hydrogen-bond acceptors (Lipinski definition) is 1. The molecule has 0 radical (unpaired) electrons. The normalized spacial score (nSPS) is 11.4. The van der Waals surface area contributed by atoms with Crippen molar-refractivity contribution < 1.29 is 4.79 Å². The molecule has 17 heavy (non-hydrogen) atoms. The molecule has 0 heterocycles. The summed E-state index contributed by atoms with van der Waals surface area (Å²) in [5, 5.41) is 3.84. The molecule has 0 atom stereocenters. The van der Waals surface area contributed by atoms with Crippen molar-refractivity contribution in [3.05, 3.63) is 34.9 Å². The molecule has 1 aromatic rings. The number of amides is 1. The van der Waals surface area contributed by atoms with E-state index < -0.39 is 0 Å². The maximum Gasteiger partial charge on any atom is 0.251 e. The van der Waals surface area contributed by atoms with Crippen molar-refractivity contribution in [2.24, 2.45) is 5.41 Å². The van der Waals surface area contributed by atoms with Crippen LogP contribution in [0, 0.1) is 19.3 Å². The maximum atomic E-state index is 12.0. The molecule has 0 aliphatic carbocycles. The highest BCUT2D eigenvalue weighted by molar-refractivity contribution is 9.09. The molecule has 1 amide bonds. The van der Waals surface area contributed by atoms with E-state index in [-0.39, 0.29) is 11.3 Å². The molecule has 0 aromatic heterocycles. The molecule has 0 saturated carbocycles. The molecule has 0 spiro atoms. The first kappa shape index (κ1) is 14.2. The number of halogens is 1. The van der Waals surface area contributed by atoms with Crippen molar-refractivity contribution >= 4 is 21.8 Å². The molecule has 94 valence electrons. The molecule has 3 heteroatoms. The van der Waals surface area contributed by atoms with Gasteiger partial charge in [-0.25, -0.2) is 0 Å². The van der Waals surface area contributed by atoms with Gasteiger partial charge in [0.2, 0.25) is 0 Å². The minimum Gasteiger partial charge on any atom is -0.351 e. The van der Waals surface area contributed by atoms with Gasteiger partial charge in [0.05, 0.1) is 0 Å². The van der Waals surface area contributed by atoms with Crippen molar-refractivity contribution in [3.8, 4) is 0 Å². The zero-order valence-electron chi connectivity index (χ0n) is 10.9. The van der Waals surface area contributed by atoms with Gasteiger partial charge in [-0.05, 0) is 31.4 Å². The highest BCUT2D eigenvalue weighted by Gasteiger charge is 2.17. The second kappa shape index (κ2) is 5.67. The Balaban J connectivity index is 2.70. The lowest BCUT2D eigenvalue weighted by molar-refractivity contribution is 0.0940. The Kier molecular flexibility index (Phi) is 4.75. The SMILES string of the molecule is Cc1cc(C)cc(C(=O)NCC(C)(C)CBr)c1. The molecule has 1 aromatic carbocycles. The van der Waals surface area contributed by atoms with Gasteiger partial charge in [0.15, 0.2) is 0 Å². The smallest absolute Gasteiger partial charge is 0.251 e. The Labute approximate surface area is 112 Å². The Bertz CT molecular complexity index is 392. The average Bonchev–Trinajstić information content (AvgIpc) is 2.24. The molecular weight excluding hydrogens is 278 g/mol. The van der Waals surface area contributed by atoms with Crippen molar-refractivity contribution in [3.63, 3.8) is 0 Å².